The van der Waals surface area contributed by atoms with Crippen LogP contribution in [0.4, 0.5) is 4.39 Å². The molecule has 94 valence electrons. The van der Waals surface area contributed by atoms with Crippen LogP contribution in [0, 0.1) is 12.7 Å². The van der Waals surface area contributed by atoms with E-state index in [1.807, 2.05) is 6.92 Å². The molecule has 0 saturated heterocycles. The number of aliphatic carboxylic acids is 1. The minimum Gasteiger partial charge on any atom is -0.493 e. The van der Waals surface area contributed by atoms with E-state index in [1.165, 1.54) is 13.2 Å². The summed E-state index contributed by atoms with van der Waals surface area (Å²) >= 11 is 3.27. The first-order chi connectivity index (χ1) is 7.97. The van der Waals surface area contributed by atoms with Gasteiger partial charge in [0.05, 0.1) is 7.11 Å². The minimum absolute atomic E-state index is 0.0662. The molecule has 0 heterocycles. The van der Waals surface area contributed by atoms with E-state index in [0.717, 1.165) is 11.1 Å². The van der Waals surface area contributed by atoms with E-state index in [4.69, 9.17) is 9.84 Å². The molecule has 17 heavy (non-hydrogen) atoms. The standard InChI is InChI=1S/C12H14BrFO3/c1-7-8(4-3-5-11(15)16)12(17-2)10(14)6-9(7)13/h6H,3-5H2,1-2H3,(H,15,16). The lowest BCUT2D eigenvalue weighted by Crippen LogP contribution is -2.02. The predicted octanol–water partition coefficient (Wildman–Crippen LogP) is 3.31. The van der Waals surface area contributed by atoms with Crippen molar-refractivity contribution in [3.05, 3.63) is 27.5 Å². The van der Waals surface area contributed by atoms with Gasteiger partial charge in [-0.2, -0.15) is 0 Å². The third kappa shape index (κ3) is 3.43. The molecule has 0 radical (unpaired) electrons. The number of ether oxygens (including phenoxy) is 1. The monoisotopic (exact) mass is 304 g/mol. The van der Waals surface area contributed by atoms with Crippen molar-refractivity contribution in [2.75, 3.05) is 7.11 Å². The van der Waals surface area contributed by atoms with E-state index in [-0.39, 0.29) is 12.2 Å². The van der Waals surface area contributed by atoms with Crippen LogP contribution in [0.15, 0.2) is 10.5 Å². The van der Waals surface area contributed by atoms with Gasteiger partial charge in [-0.25, -0.2) is 4.39 Å². The molecule has 0 unspecified atom stereocenters. The van der Waals surface area contributed by atoms with Gasteiger partial charge in [-0.1, -0.05) is 15.9 Å². The first-order valence-electron chi connectivity index (χ1n) is 5.20. The Balaban J connectivity index is 2.99. The van der Waals surface area contributed by atoms with E-state index in [1.54, 1.807) is 0 Å². The molecule has 0 amide bonds. The molecule has 0 aromatic heterocycles. The highest BCUT2D eigenvalue weighted by Gasteiger charge is 2.15. The molecule has 3 nitrogen and oxygen atoms in total. The van der Waals surface area contributed by atoms with Crippen LogP contribution < -0.4 is 4.74 Å². The van der Waals surface area contributed by atoms with Gasteiger partial charge in [0.25, 0.3) is 0 Å². The van der Waals surface area contributed by atoms with Crippen LogP contribution in [0.3, 0.4) is 0 Å². The molecular formula is C12H14BrFO3. The first kappa shape index (κ1) is 14.0. The van der Waals surface area contributed by atoms with Crippen molar-refractivity contribution < 1.29 is 19.0 Å². The molecule has 1 rings (SSSR count). The zero-order chi connectivity index (χ0) is 13.0. The number of halogens is 2. The molecule has 1 aromatic carbocycles. The van der Waals surface area contributed by atoms with Gasteiger partial charge in [0.15, 0.2) is 11.6 Å². The van der Waals surface area contributed by atoms with Crippen LogP contribution in [0.1, 0.15) is 24.0 Å². The number of hydrogen-bond acceptors (Lipinski definition) is 2. The summed E-state index contributed by atoms with van der Waals surface area (Å²) in [7, 11) is 1.41. The van der Waals surface area contributed by atoms with Crippen molar-refractivity contribution in [1.82, 2.24) is 0 Å². The highest BCUT2D eigenvalue weighted by Crippen LogP contribution is 2.32. The van der Waals surface area contributed by atoms with Crippen LogP contribution in [-0.2, 0) is 11.2 Å². The highest BCUT2D eigenvalue weighted by molar-refractivity contribution is 9.10. The molecule has 0 fully saturated rings. The summed E-state index contributed by atoms with van der Waals surface area (Å²) in [5, 5.41) is 8.58. The SMILES string of the molecule is COc1c(F)cc(Br)c(C)c1CCCC(=O)O. The van der Waals surface area contributed by atoms with Gasteiger partial charge in [0, 0.05) is 16.5 Å². The maximum Gasteiger partial charge on any atom is 0.303 e. The average Bonchev–Trinajstić information content (AvgIpc) is 2.24. The summed E-state index contributed by atoms with van der Waals surface area (Å²) in [5.41, 5.74) is 1.61. The van der Waals surface area contributed by atoms with E-state index < -0.39 is 11.8 Å². The third-order valence-electron chi connectivity index (χ3n) is 2.58. The minimum atomic E-state index is -0.850. The molecular weight excluding hydrogens is 291 g/mol. The Labute approximate surface area is 108 Å². The first-order valence-corrected chi connectivity index (χ1v) is 6.00. The number of carboxylic acids is 1. The van der Waals surface area contributed by atoms with Crippen LogP contribution in [0.5, 0.6) is 5.75 Å². The summed E-state index contributed by atoms with van der Waals surface area (Å²) in [4.78, 5) is 10.4. The van der Waals surface area contributed by atoms with Crippen molar-refractivity contribution in [2.45, 2.75) is 26.2 Å². The summed E-state index contributed by atoms with van der Waals surface area (Å²) in [6, 6.07) is 1.36. The zero-order valence-corrected chi connectivity index (χ0v) is 11.3. The van der Waals surface area contributed by atoms with Crippen LogP contribution in [0.25, 0.3) is 0 Å². The molecule has 0 atom stereocenters. The number of carbonyl (C=O) groups is 1. The fourth-order valence-electron chi connectivity index (χ4n) is 1.68. The number of hydrogen-bond donors (Lipinski definition) is 1. The second kappa shape index (κ2) is 6.00. The summed E-state index contributed by atoms with van der Waals surface area (Å²) < 4.78 is 19.3. The number of benzene rings is 1. The molecule has 1 aromatic rings. The Morgan fingerprint density at radius 1 is 1.59 bits per heavy atom. The van der Waals surface area contributed by atoms with Crippen molar-refractivity contribution in [3.8, 4) is 5.75 Å². The smallest absolute Gasteiger partial charge is 0.303 e. The van der Waals surface area contributed by atoms with Gasteiger partial charge in [0.1, 0.15) is 0 Å². The molecule has 0 bridgehead atoms. The van der Waals surface area contributed by atoms with E-state index in [2.05, 4.69) is 15.9 Å². The Morgan fingerprint density at radius 2 is 2.24 bits per heavy atom. The molecule has 0 aliphatic carbocycles. The summed E-state index contributed by atoms with van der Waals surface area (Å²) in [6.45, 7) is 1.85. The third-order valence-corrected chi connectivity index (χ3v) is 3.40. The van der Waals surface area contributed by atoms with E-state index in [9.17, 15) is 9.18 Å². The summed E-state index contributed by atoms with van der Waals surface area (Å²) in [5.74, 6) is -1.08. The van der Waals surface area contributed by atoms with Gasteiger partial charge >= 0.3 is 5.97 Å². The lowest BCUT2D eigenvalue weighted by atomic mass is 10.0. The van der Waals surface area contributed by atoms with Crippen molar-refractivity contribution in [2.24, 2.45) is 0 Å². The van der Waals surface area contributed by atoms with Crippen molar-refractivity contribution in [3.63, 3.8) is 0 Å². The quantitative estimate of drug-likeness (QED) is 0.908. The van der Waals surface area contributed by atoms with Gasteiger partial charge < -0.3 is 9.84 Å². The number of methoxy groups -OCH3 is 1. The molecule has 1 N–H and O–H groups in total. The largest absolute Gasteiger partial charge is 0.493 e. The topological polar surface area (TPSA) is 46.5 Å². The Bertz CT molecular complexity index is 432. The molecule has 5 heteroatoms. The molecule has 0 spiro atoms. The maximum absolute atomic E-state index is 13.6. The molecule has 0 saturated carbocycles. The van der Waals surface area contributed by atoms with E-state index >= 15 is 0 Å². The molecule has 0 aliphatic heterocycles. The maximum atomic E-state index is 13.6. The fraction of sp³-hybridized carbons (Fsp3) is 0.417. The van der Waals surface area contributed by atoms with Crippen molar-refractivity contribution >= 4 is 21.9 Å². The van der Waals surface area contributed by atoms with Gasteiger partial charge in [-0.05, 0) is 31.4 Å². The van der Waals surface area contributed by atoms with Crippen LogP contribution >= 0.6 is 15.9 Å². The fourth-order valence-corrected chi connectivity index (χ4v) is 2.12. The lowest BCUT2D eigenvalue weighted by Gasteiger charge is -2.13. The number of rotatable bonds is 5. The van der Waals surface area contributed by atoms with Gasteiger partial charge in [0.2, 0.25) is 0 Å². The lowest BCUT2D eigenvalue weighted by molar-refractivity contribution is -0.137. The zero-order valence-electron chi connectivity index (χ0n) is 9.72. The second-order valence-corrected chi connectivity index (χ2v) is 4.58. The normalized spacial score (nSPS) is 10.4. The van der Waals surface area contributed by atoms with Crippen molar-refractivity contribution in [1.29, 1.82) is 0 Å². The Hall–Kier alpha value is -1.10. The van der Waals surface area contributed by atoms with Crippen LogP contribution in [-0.4, -0.2) is 18.2 Å². The van der Waals surface area contributed by atoms with Gasteiger partial charge in [-0.3, -0.25) is 4.79 Å². The number of carboxylic acid groups (broad SMARTS) is 1. The summed E-state index contributed by atoms with van der Waals surface area (Å²) in [6.07, 6.45) is 1.01. The average molecular weight is 305 g/mol. The molecule has 0 aliphatic rings. The van der Waals surface area contributed by atoms with E-state index in [0.29, 0.717) is 17.3 Å². The Morgan fingerprint density at radius 3 is 2.76 bits per heavy atom. The predicted molar refractivity (Wildman–Crippen MR) is 66.0 cm³/mol. The Kier molecular flexibility index (Phi) is 4.93. The van der Waals surface area contributed by atoms with Gasteiger partial charge in [-0.15, -0.1) is 0 Å². The van der Waals surface area contributed by atoms with Crippen LogP contribution in [0.2, 0.25) is 0 Å². The highest BCUT2D eigenvalue weighted by atomic mass is 79.9. The second-order valence-electron chi connectivity index (χ2n) is 3.72.